The molecule has 1 amide bonds. The number of phosphoric acid groups is 1. The van der Waals surface area contributed by atoms with E-state index in [1.807, 2.05) is 27.2 Å². The van der Waals surface area contributed by atoms with Crippen molar-refractivity contribution in [3.05, 3.63) is 36.5 Å². The Morgan fingerprint density at radius 1 is 0.574 bits per heavy atom. The molecule has 2 N–H and O–H groups in total. The van der Waals surface area contributed by atoms with Crippen molar-refractivity contribution >= 4 is 13.7 Å². The molecule has 0 saturated carbocycles. The van der Waals surface area contributed by atoms with Crippen LogP contribution in [-0.2, 0) is 18.4 Å². The summed E-state index contributed by atoms with van der Waals surface area (Å²) in [5, 5.41) is 13.8. The Morgan fingerprint density at radius 2 is 0.984 bits per heavy atom. The number of carbonyl (C=O) groups is 1. The zero-order chi connectivity index (χ0) is 45.0. The lowest BCUT2D eigenvalue weighted by atomic mass is 10.0. The summed E-state index contributed by atoms with van der Waals surface area (Å²) in [4.78, 5) is 25.3. The highest BCUT2D eigenvalue weighted by Gasteiger charge is 2.23. The molecule has 3 atom stereocenters. The van der Waals surface area contributed by atoms with E-state index in [1.165, 1.54) is 148 Å². The summed E-state index contributed by atoms with van der Waals surface area (Å²) in [6.45, 7) is 4.58. The number of phosphoric ester groups is 1. The number of hydrogen-bond acceptors (Lipinski definition) is 6. The summed E-state index contributed by atoms with van der Waals surface area (Å²) in [5.74, 6) is -0.211. The second kappa shape index (κ2) is 43.9. The zero-order valence-electron chi connectivity index (χ0n) is 40.9. The number of rotatable bonds is 47. The maximum atomic E-state index is 12.9. The van der Waals surface area contributed by atoms with Gasteiger partial charge in [-0.3, -0.25) is 9.36 Å². The highest BCUT2D eigenvalue weighted by atomic mass is 31.2. The van der Waals surface area contributed by atoms with Crippen LogP contribution in [0.2, 0.25) is 0 Å². The van der Waals surface area contributed by atoms with E-state index < -0.39 is 20.0 Å². The van der Waals surface area contributed by atoms with Gasteiger partial charge in [-0.15, -0.1) is 0 Å². The van der Waals surface area contributed by atoms with Crippen LogP contribution in [0.3, 0.4) is 0 Å². The minimum Gasteiger partial charge on any atom is -0.756 e. The maximum absolute atomic E-state index is 12.9. The molecule has 0 aliphatic carbocycles. The van der Waals surface area contributed by atoms with Crippen molar-refractivity contribution in [2.45, 2.75) is 251 Å². The third-order valence-electron chi connectivity index (χ3n) is 11.6. The molecule has 0 aromatic rings. The first-order chi connectivity index (χ1) is 29.5. The Balaban J connectivity index is 4.21. The summed E-state index contributed by atoms with van der Waals surface area (Å²) >= 11 is 0. The highest BCUT2D eigenvalue weighted by Crippen LogP contribution is 2.38. The number of carbonyl (C=O) groups excluding carboxylic acids is 1. The Labute approximate surface area is 378 Å². The molecule has 61 heavy (non-hydrogen) atoms. The molecule has 8 nitrogen and oxygen atoms in total. The quantitative estimate of drug-likeness (QED) is 0.0273. The molecule has 360 valence electrons. The normalized spacial score (nSPS) is 14.4. The van der Waals surface area contributed by atoms with Crippen LogP contribution in [-0.4, -0.2) is 68.5 Å². The van der Waals surface area contributed by atoms with Crippen LogP contribution in [0.5, 0.6) is 0 Å². The van der Waals surface area contributed by atoms with Gasteiger partial charge < -0.3 is 28.8 Å². The van der Waals surface area contributed by atoms with Crippen LogP contribution < -0.4 is 10.2 Å². The van der Waals surface area contributed by atoms with Gasteiger partial charge in [-0.05, 0) is 44.9 Å². The average molecular weight is 881 g/mol. The van der Waals surface area contributed by atoms with Gasteiger partial charge in [0, 0.05) is 6.42 Å². The summed E-state index contributed by atoms with van der Waals surface area (Å²) in [6.07, 6.45) is 55.0. The number of allylic oxidation sites excluding steroid dienone is 5. The molecule has 0 radical (unpaired) electrons. The fourth-order valence-electron chi connectivity index (χ4n) is 7.49. The van der Waals surface area contributed by atoms with Gasteiger partial charge in [-0.2, -0.15) is 0 Å². The van der Waals surface area contributed by atoms with Crippen molar-refractivity contribution in [3.63, 3.8) is 0 Å². The monoisotopic (exact) mass is 881 g/mol. The molecule has 0 saturated heterocycles. The molecule has 0 aromatic heterocycles. The molecule has 0 aromatic carbocycles. The summed E-state index contributed by atoms with van der Waals surface area (Å²) < 4.78 is 23.2. The number of likely N-dealkylation sites (N-methyl/N-ethyl adjacent to an activating group) is 1. The van der Waals surface area contributed by atoms with Crippen LogP contribution in [0.4, 0.5) is 0 Å². The molecule has 9 heteroatoms. The molecule has 0 fully saturated rings. The van der Waals surface area contributed by atoms with E-state index in [-0.39, 0.29) is 19.1 Å². The van der Waals surface area contributed by atoms with Gasteiger partial charge >= 0.3 is 0 Å². The van der Waals surface area contributed by atoms with Gasteiger partial charge in [-0.25, -0.2) is 0 Å². The van der Waals surface area contributed by atoms with Crippen molar-refractivity contribution in [2.75, 3.05) is 40.9 Å². The predicted octanol–water partition coefficient (Wildman–Crippen LogP) is 14.4. The van der Waals surface area contributed by atoms with E-state index in [0.717, 1.165) is 70.6 Å². The third kappa shape index (κ3) is 46.5. The topological polar surface area (TPSA) is 108 Å². The summed E-state index contributed by atoms with van der Waals surface area (Å²) in [5.41, 5.74) is 0. The third-order valence-corrected chi connectivity index (χ3v) is 12.5. The summed E-state index contributed by atoms with van der Waals surface area (Å²) in [6, 6.07) is -0.893. The van der Waals surface area contributed by atoms with Gasteiger partial charge in [0.25, 0.3) is 7.82 Å². The average Bonchev–Trinajstić information content (AvgIpc) is 3.21. The number of quaternary nitrogens is 1. The number of aliphatic hydroxyl groups excluding tert-OH is 1. The van der Waals surface area contributed by atoms with E-state index in [2.05, 4.69) is 43.5 Å². The van der Waals surface area contributed by atoms with Crippen molar-refractivity contribution in [1.82, 2.24) is 5.32 Å². The van der Waals surface area contributed by atoms with E-state index in [9.17, 15) is 19.4 Å². The molecular formula is C52H101N2O6P. The van der Waals surface area contributed by atoms with Crippen LogP contribution >= 0.6 is 7.82 Å². The smallest absolute Gasteiger partial charge is 0.268 e. The molecule has 0 aliphatic rings. The number of nitrogens with one attached hydrogen (secondary N) is 1. The van der Waals surface area contributed by atoms with Crippen molar-refractivity contribution in [1.29, 1.82) is 0 Å². The van der Waals surface area contributed by atoms with Crippen LogP contribution in [0.15, 0.2) is 36.5 Å². The minimum atomic E-state index is -4.59. The van der Waals surface area contributed by atoms with Crippen molar-refractivity contribution in [3.8, 4) is 0 Å². The molecule has 0 heterocycles. The van der Waals surface area contributed by atoms with Gasteiger partial charge in [0.05, 0.1) is 39.9 Å². The molecule has 0 bridgehead atoms. The summed E-state index contributed by atoms with van der Waals surface area (Å²) in [7, 11) is 1.25. The minimum absolute atomic E-state index is 0.00394. The Morgan fingerprint density at radius 3 is 1.43 bits per heavy atom. The fraction of sp³-hybridized carbons (Fsp3) is 0.865. The first-order valence-corrected chi connectivity index (χ1v) is 27.3. The first-order valence-electron chi connectivity index (χ1n) is 25.9. The molecule has 0 aliphatic heterocycles. The lowest BCUT2D eigenvalue weighted by Crippen LogP contribution is -2.45. The van der Waals surface area contributed by atoms with Gasteiger partial charge in [-0.1, -0.05) is 224 Å². The van der Waals surface area contributed by atoms with Crippen molar-refractivity contribution < 1.29 is 32.9 Å². The standard InChI is InChI=1S/C52H101N2O6P/c1-6-8-10-12-14-16-18-20-21-22-23-24-25-26-27-28-29-30-31-32-34-35-37-39-41-43-45-51(55)50(49-60-61(57,58)59-48-47-54(3,4)5)53-52(56)46-44-42-40-38-36-33-19-17-15-13-11-9-7-2/h11,13,17,19,43,45,50-51,55H,6-10,12,14-16,18,20-42,44,46-49H2,1-5H3,(H-,53,56,57,58)/b13-11-,19-17-,45-43+. The van der Waals surface area contributed by atoms with E-state index in [4.69, 9.17) is 9.05 Å². The lowest BCUT2D eigenvalue weighted by Gasteiger charge is -2.29. The predicted molar refractivity (Wildman–Crippen MR) is 261 cm³/mol. The first kappa shape index (κ1) is 59.7. The second-order valence-electron chi connectivity index (χ2n) is 18.9. The zero-order valence-corrected chi connectivity index (χ0v) is 41.8. The Hall–Kier alpha value is -1.28. The number of amides is 1. The van der Waals surface area contributed by atoms with Gasteiger partial charge in [0.15, 0.2) is 0 Å². The molecule has 3 unspecified atom stereocenters. The van der Waals surface area contributed by atoms with Crippen LogP contribution in [0.1, 0.15) is 239 Å². The van der Waals surface area contributed by atoms with E-state index in [1.54, 1.807) is 6.08 Å². The number of hydrogen-bond donors (Lipinski definition) is 2. The number of aliphatic hydroxyl groups is 1. The van der Waals surface area contributed by atoms with E-state index >= 15 is 0 Å². The van der Waals surface area contributed by atoms with Crippen LogP contribution in [0.25, 0.3) is 0 Å². The molecular weight excluding hydrogens is 780 g/mol. The van der Waals surface area contributed by atoms with Crippen LogP contribution in [0, 0.1) is 0 Å². The molecule has 0 spiro atoms. The largest absolute Gasteiger partial charge is 0.756 e. The Bertz CT molecular complexity index is 1090. The second-order valence-corrected chi connectivity index (χ2v) is 20.3. The van der Waals surface area contributed by atoms with Gasteiger partial charge in [0.2, 0.25) is 5.91 Å². The van der Waals surface area contributed by atoms with Gasteiger partial charge in [0.1, 0.15) is 13.2 Å². The highest BCUT2D eigenvalue weighted by molar-refractivity contribution is 7.45. The fourth-order valence-corrected chi connectivity index (χ4v) is 8.21. The number of nitrogens with zero attached hydrogens (tertiary/aromatic N) is 1. The molecule has 0 rings (SSSR count). The Kier molecular flexibility index (Phi) is 43.0. The van der Waals surface area contributed by atoms with Crippen molar-refractivity contribution in [2.24, 2.45) is 0 Å². The lowest BCUT2D eigenvalue weighted by molar-refractivity contribution is -0.870. The SMILES string of the molecule is CCC/C=C\C/C=C\CCCCCCCC(=O)NC(COP(=O)([O-])OCC[N+](C)(C)C)C(O)/C=C/CCCCCCCCCCCCCCCCCCCCCCCCCC. The van der Waals surface area contributed by atoms with E-state index in [0.29, 0.717) is 17.4 Å². The maximum Gasteiger partial charge on any atom is 0.268 e. The number of unbranched alkanes of at least 4 members (excludes halogenated alkanes) is 30.